The Morgan fingerprint density at radius 2 is 2.33 bits per heavy atom. The quantitative estimate of drug-likeness (QED) is 0.903. The fourth-order valence-electron chi connectivity index (χ4n) is 1.25. The van der Waals surface area contributed by atoms with E-state index in [1.165, 1.54) is 12.5 Å². The van der Waals surface area contributed by atoms with E-state index in [1.807, 2.05) is 6.20 Å². The smallest absolute Gasteiger partial charge is 0.267 e. The van der Waals surface area contributed by atoms with Crippen LogP contribution in [0.25, 0.3) is 0 Å². The Labute approximate surface area is 94.3 Å². The van der Waals surface area contributed by atoms with E-state index in [0.717, 1.165) is 12.0 Å². The summed E-state index contributed by atoms with van der Waals surface area (Å²) in [5.41, 5.74) is 1.01. The SMILES string of the molecule is O=c1c(Br)cncn1CCc1cn[nH]c1. The largest absolute Gasteiger partial charge is 0.298 e. The van der Waals surface area contributed by atoms with Crippen molar-refractivity contribution >= 4 is 15.9 Å². The molecule has 2 rings (SSSR count). The zero-order valence-corrected chi connectivity index (χ0v) is 9.44. The van der Waals surface area contributed by atoms with Crippen molar-refractivity contribution in [1.82, 2.24) is 19.7 Å². The number of hydrogen-bond acceptors (Lipinski definition) is 3. The Bertz CT molecular complexity index is 491. The molecule has 0 aliphatic heterocycles. The maximum atomic E-state index is 11.6. The van der Waals surface area contributed by atoms with Crippen LogP contribution < -0.4 is 5.56 Å². The minimum Gasteiger partial charge on any atom is -0.298 e. The van der Waals surface area contributed by atoms with Gasteiger partial charge >= 0.3 is 0 Å². The molecule has 0 aliphatic rings. The fraction of sp³-hybridized carbons (Fsp3) is 0.222. The minimum absolute atomic E-state index is 0.0616. The average molecular weight is 269 g/mol. The van der Waals surface area contributed by atoms with Gasteiger partial charge in [0.1, 0.15) is 4.47 Å². The first-order valence-corrected chi connectivity index (χ1v) is 5.24. The lowest BCUT2D eigenvalue weighted by Crippen LogP contribution is -2.21. The summed E-state index contributed by atoms with van der Waals surface area (Å²) in [6.45, 7) is 0.602. The molecule has 2 heterocycles. The van der Waals surface area contributed by atoms with Crippen LogP contribution in [0.3, 0.4) is 0 Å². The van der Waals surface area contributed by atoms with Crippen molar-refractivity contribution in [3.8, 4) is 0 Å². The monoisotopic (exact) mass is 268 g/mol. The molecule has 0 radical (unpaired) electrons. The molecule has 2 aromatic heterocycles. The minimum atomic E-state index is -0.0616. The lowest BCUT2D eigenvalue weighted by molar-refractivity contribution is 0.651. The second kappa shape index (κ2) is 4.39. The van der Waals surface area contributed by atoms with E-state index in [4.69, 9.17) is 0 Å². The van der Waals surface area contributed by atoms with Crippen molar-refractivity contribution in [2.24, 2.45) is 0 Å². The summed E-state index contributed by atoms with van der Waals surface area (Å²) in [4.78, 5) is 15.5. The molecule has 15 heavy (non-hydrogen) atoms. The lowest BCUT2D eigenvalue weighted by Gasteiger charge is -2.03. The number of H-pyrrole nitrogens is 1. The molecule has 0 fully saturated rings. The third-order valence-corrected chi connectivity index (χ3v) is 2.60. The van der Waals surface area contributed by atoms with Gasteiger partial charge in [0.2, 0.25) is 0 Å². The van der Waals surface area contributed by atoms with Gasteiger partial charge in [-0.3, -0.25) is 14.5 Å². The number of rotatable bonds is 3. The van der Waals surface area contributed by atoms with Crippen LogP contribution in [0.5, 0.6) is 0 Å². The van der Waals surface area contributed by atoms with Crippen molar-refractivity contribution in [2.75, 3.05) is 0 Å². The Kier molecular flexibility index (Phi) is 2.96. The van der Waals surface area contributed by atoms with Crippen molar-refractivity contribution in [2.45, 2.75) is 13.0 Å². The van der Waals surface area contributed by atoms with Gasteiger partial charge in [0.25, 0.3) is 5.56 Å². The number of nitrogens with zero attached hydrogens (tertiary/aromatic N) is 3. The molecule has 0 spiro atoms. The van der Waals surface area contributed by atoms with E-state index in [2.05, 4.69) is 31.1 Å². The molecular formula is C9H9BrN4O. The first-order chi connectivity index (χ1) is 7.27. The third-order valence-electron chi connectivity index (χ3n) is 2.06. The van der Waals surface area contributed by atoms with Gasteiger partial charge in [0.15, 0.2) is 0 Å². The molecule has 0 bridgehead atoms. The van der Waals surface area contributed by atoms with Gasteiger partial charge in [-0.15, -0.1) is 0 Å². The summed E-state index contributed by atoms with van der Waals surface area (Å²) in [6.07, 6.45) is 7.35. The van der Waals surface area contributed by atoms with Crippen molar-refractivity contribution in [3.63, 3.8) is 0 Å². The van der Waals surface area contributed by atoms with E-state index in [-0.39, 0.29) is 5.56 Å². The second-order valence-electron chi connectivity index (χ2n) is 3.10. The Hall–Kier alpha value is -1.43. The van der Waals surface area contributed by atoms with Gasteiger partial charge in [0.05, 0.1) is 12.5 Å². The lowest BCUT2D eigenvalue weighted by atomic mass is 10.2. The van der Waals surface area contributed by atoms with Gasteiger partial charge in [-0.25, -0.2) is 4.98 Å². The predicted molar refractivity (Wildman–Crippen MR) is 58.5 cm³/mol. The molecule has 0 unspecified atom stereocenters. The maximum absolute atomic E-state index is 11.6. The topological polar surface area (TPSA) is 63.6 Å². The van der Waals surface area contributed by atoms with Gasteiger partial charge in [-0.05, 0) is 27.9 Å². The van der Waals surface area contributed by atoms with Crippen molar-refractivity contribution in [3.05, 3.63) is 45.3 Å². The van der Waals surface area contributed by atoms with E-state index in [1.54, 1.807) is 10.8 Å². The molecule has 0 aliphatic carbocycles. The number of hydrogen-bond donors (Lipinski definition) is 1. The maximum Gasteiger partial charge on any atom is 0.267 e. The number of nitrogens with one attached hydrogen (secondary N) is 1. The highest BCUT2D eigenvalue weighted by Crippen LogP contribution is 2.00. The Morgan fingerprint density at radius 3 is 3.07 bits per heavy atom. The third kappa shape index (κ3) is 2.33. The number of aromatic amines is 1. The molecule has 0 saturated heterocycles. The molecule has 0 aromatic carbocycles. The molecular weight excluding hydrogens is 260 g/mol. The highest BCUT2D eigenvalue weighted by molar-refractivity contribution is 9.10. The average Bonchev–Trinajstić information content (AvgIpc) is 2.73. The molecule has 1 N–H and O–H groups in total. The first-order valence-electron chi connectivity index (χ1n) is 4.45. The van der Waals surface area contributed by atoms with Crippen LogP contribution in [-0.4, -0.2) is 19.7 Å². The summed E-state index contributed by atoms with van der Waals surface area (Å²) in [5.74, 6) is 0. The van der Waals surface area contributed by atoms with Crippen LogP contribution in [0, 0.1) is 0 Å². The van der Waals surface area contributed by atoms with Crippen molar-refractivity contribution < 1.29 is 0 Å². The molecule has 6 heteroatoms. The number of aromatic nitrogens is 4. The van der Waals surface area contributed by atoms with Crippen LogP contribution in [0.4, 0.5) is 0 Å². The van der Waals surface area contributed by atoms with Crippen LogP contribution in [-0.2, 0) is 13.0 Å². The van der Waals surface area contributed by atoms with Crippen LogP contribution >= 0.6 is 15.9 Å². The normalized spacial score (nSPS) is 10.5. The zero-order valence-electron chi connectivity index (χ0n) is 7.85. The first kappa shape index (κ1) is 10.1. The summed E-state index contributed by atoms with van der Waals surface area (Å²) in [7, 11) is 0. The zero-order chi connectivity index (χ0) is 10.7. The fourth-order valence-corrected chi connectivity index (χ4v) is 1.59. The van der Waals surface area contributed by atoms with Gasteiger partial charge in [-0.1, -0.05) is 0 Å². The summed E-state index contributed by atoms with van der Waals surface area (Å²) in [5, 5.41) is 6.57. The molecule has 78 valence electrons. The summed E-state index contributed by atoms with van der Waals surface area (Å²) >= 11 is 3.15. The second-order valence-corrected chi connectivity index (χ2v) is 3.95. The molecule has 2 aromatic rings. The molecule has 0 atom stereocenters. The van der Waals surface area contributed by atoms with E-state index < -0.39 is 0 Å². The van der Waals surface area contributed by atoms with Gasteiger partial charge in [-0.2, -0.15) is 5.10 Å². The summed E-state index contributed by atoms with van der Waals surface area (Å²) in [6, 6.07) is 0. The molecule has 0 amide bonds. The van der Waals surface area contributed by atoms with Crippen LogP contribution in [0.2, 0.25) is 0 Å². The van der Waals surface area contributed by atoms with E-state index in [9.17, 15) is 4.79 Å². The van der Waals surface area contributed by atoms with Gasteiger partial charge in [0, 0.05) is 18.9 Å². The molecule has 5 nitrogen and oxygen atoms in total. The Morgan fingerprint density at radius 1 is 1.47 bits per heavy atom. The number of aryl methyl sites for hydroxylation is 2. The van der Waals surface area contributed by atoms with Gasteiger partial charge < -0.3 is 0 Å². The van der Waals surface area contributed by atoms with Crippen molar-refractivity contribution in [1.29, 1.82) is 0 Å². The highest BCUT2D eigenvalue weighted by Gasteiger charge is 2.01. The predicted octanol–water partition coefficient (Wildman–Crippen LogP) is 0.972. The van der Waals surface area contributed by atoms with Crippen LogP contribution in [0.15, 0.2) is 34.2 Å². The highest BCUT2D eigenvalue weighted by atomic mass is 79.9. The van der Waals surface area contributed by atoms with E-state index >= 15 is 0 Å². The van der Waals surface area contributed by atoms with Crippen LogP contribution in [0.1, 0.15) is 5.56 Å². The molecule has 0 saturated carbocycles. The summed E-state index contributed by atoms with van der Waals surface area (Å²) < 4.78 is 2.05. The van der Waals surface area contributed by atoms with E-state index in [0.29, 0.717) is 11.0 Å². The standard InChI is InChI=1S/C9H9BrN4O/c10-8-5-11-6-14(9(8)15)2-1-7-3-12-13-4-7/h3-6H,1-2H2,(H,12,13). The Balaban J connectivity index is 2.12. The number of halogens is 1.